The summed E-state index contributed by atoms with van der Waals surface area (Å²) in [5.74, 6) is 1.65. The summed E-state index contributed by atoms with van der Waals surface area (Å²) in [5.41, 5.74) is 2.52. The molecule has 0 saturated carbocycles. The molecule has 1 aromatic heterocycles. The molecule has 0 spiro atoms. The van der Waals surface area contributed by atoms with Crippen molar-refractivity contribution < 1.29 is 9.59 Å². The fourth-order valence-electron chi connectivity index (χ4n) is 4.17. The van der Waals surface area contributed by atoms with Crippen LogP contribution in [0.15, 0.2) is 53.0 Å². The van der Waals surface area contributed by atoms with Crippen molar-refractivity contribution in [3.05, 3.63) is 64.4 Å². The van der Waals surface area contributed by atoms with Crippen LogP contribution in [0.25, 0.3) is 11.0 Å². The van der Waals surface area contributed by atoms with Crippen LogP contribution in [0.4, 0.5) is 0 Å². The maximum Gasteiger partial charge on any atom is 0.251 e. The highest BCUT2D eigenvalue weighted by atomic mass is 79.9. The largest absolute Gasteiger partial charge is 0.352 e. The van der Waals surface area contributed by atoms with Gasteiger partial charge in [-0.3, -0.25) is 9.59 Å². The maximum atomic E-state index is 13.0. The molecule has 1 saturated heterocycles. The predicted molar refractivity (Wildman–Crippen MR) is 130 cm³/mol. The van der Waals surface area contributed by atoms with Crippen LogP contribution in [0.2, 0.25) is 0 Å². The molecule has 1 N–H and O–H groups in total. The van der Waals surface area contributed by atoms with E-state index in [9.17, 15) is 9.59 Å². The van der Waals surface area contributed by atoms with Gasteiger partial charge < -0.3 is 14.8 Å². The average Bonchev–Trinajstić information content (AvgIpc) is 3.14. The van der Waals surface area contributed by atoms with E-state index in [1.165, 1.54) is 0 Å². The summed E-state index contributed by atoms with van der Waals surface area (Å²) in [6, 6.07) is 15.3. The molecule has 1 aliphatic heterocycles. The van der Waals surface area contributed by atoms with Crippen LogP contribution >= 0.6 is 15.9 Å². The van der Waals surface area contributed by atoms with Gasteiger partial charge in [0, 0.05) is 36.1 Å². The van der Waals surface area contributed by atoms with E-state index in [-0.39, 0.29) is 11.8 Å². The zero-order valence-corrected chi connectivity index (χ0v) is 20.0. The number of imidazole rings is 1. The van der Waals surface area contributed by atoms with Crippen molar-refractivity contribution in [3.63, 3.8) is 0 Å². The lowest BCUT2D eigenvalue weighted by atomic mass is 9.99. The van der Waals surface area contributed by atoms with Crippen LogP contribution < -0.4 is 5.32 Å². The van der Waals surface area contributed by atoms with Crippen molar-refractivity contribution in [2.24, 2.45) is 5.92 Å². The Morgan fingerprint density at radius 2 is 1.91 bits per heavy atom. The van der Waals surface area contributed by atoms with Gasteiger partial charge in [0.1, 0.15) is 12.4 Å². The van der Waals surface area contributed by atoms with Gasteiger partial charge in [-0.15, -0.1) is 0 Å². The molecule has 2 amide bonds. The highest BCUT2D eigenvalue weighted by Crippen LogP contribution is 2.20. The molecule has 168 valence electrons. The lowest BCUT2D eigenvalue weighted by molar-refractivity contribution is -0.133. The summed E-state index contributed by atoms with van der Waals surface area (Å²) < 4.78 is 2.93. The van der Waals surface area contributed by atoms with Crippen molar-refractivity contribution in [1.29, 1.82) is 0 Å². The fourth-order valence-corrected chi connectivity index (χ4v) is 4.57. The number of fused-ring (bicyclic) bond motifs is 1. The van der Waals surface area contributed by atoms with E-state index < -0.39 is 0 Å². The molecule has 2 heterocycles. The summed E-state index contributed by atoms with van der Waals surface area (Å²) in [5, 5.41) is 2.97. The van der Waals surface area contributed by atoms with E-state index in [0.717, 1.165) is 53.7 Å². The molecule has 0 atom stereocenters. The van der Waals surface area contributed by atoms with Crippen molar-refractivity contribution in [1.82, 2.24) is 19.8 Å². The number of nitrogens with zero attached hydrogens (tertiary/aromatic N) is 3. The molecule has 0 unspecified atom stereocenters. The van der Waals surface area contributed by atoms with E-state index in [2.05, 4.69) is 28.2 Å². The second kappa shape index (κ2) is 10.3. The third kappa shape index (κ3) is 5.38. The van der Waals surface area contributed by atoms with Crippen molar-refractivity contribution in [3.8, 4) is 0 Å². The van der Waals surface area contributed by atoms with Gasteiger partial charge in [-0.05, 0) is 55.5 Å². The summed E-state index contributed by atoms with van der Waals surface area (Å²) in [4.78, 5) is 32.1. The van der Waals surface area contributed by atoms with Crippen LogP contribution in [0.3, 0.4) is 0 Å². The molecule has 4 rings (SSSR count). The monoisotopic (exact) mass is 496 g/mol. The quantitative estimate of drug-likeness (QED) is 0.492. The number of likely N-dealkylation sites (tertiary alicyclic amines) is 1. The van der Waals surface area contributed by atoms with Crippen LogP contribution in [0.5, 0.6) is 0 Å². The first-order chi connectivity index (χ1) is 15.5. The van der Waals surface area contributed by atoms with Gasteiger partial charge >= 0.3 is 0 Å². The molecule has 1 aliphatic rings. The molecule has 2 aromatic carbocycles. The summed E-state index contributed by atoms with van der Waals surface area (Å²) >= 11 is 3.40. The van der Waals surface area contributed by atoms with Gasteiger partial charge in [-0.2, -0.15) is 0 Å². The summed E-state index contributed by atoms with van der Waals surface area (Å²) in [6.07, 6.45) is 3.58. The number of aryl methyl sites for hydroxylation is 1. The number of carbonyl (C=O) groups excluding carboxylic acids is 2. The lowest BCUT2D eigenvalue weighted by Crippen LogP contribution is -2.40. The van der Waals surface area contributed by atoms with E-state index in [1.807, 2.05) is 51.9 Å². The lowest BCUT2D eigenvalue weighted by Gasteiger charge is -2.30. The van der Waals surface area contributed by atoms with Crippen LogP contribution in [-0.4, -0.2) is 45.9 Å². The van der Waals surface area contributed by atoms with Gasteiger partial charge in [0.25, 0.3) is 5.91 Å². The van der Waals surface area contributed by atoms with E-state index in [0.29, 0.717) is 31.0 Å². The number of benzene rings is 2. The molecule has 0 aliphatic carbocycles. The number of nitrogens with one attached hydrogen (secondary N) is 1. The van der Waals surface area contributed by atoms with Gasteiger partial charge in [0.15, 0.2) is 0 Å². The molecule has 3 aromatic rings. The molecule has 32 heavy (non-hydrogen) atoms. The maximum absolute atomic E-state index is 13.0. The minimum atomic E-state index is -0.0886. The minimum Gasteiger partial charge on any atom is -0.352 e. The summed E-state index contributed by atoms with van der Waals surface area (Å²) in [7, 11) is 0. The zero-order valence-electron chi connectivity index (χ0n) is 18.4. The number of hydrogen-bond donors (Lipinski definition) is 1. The Bertz CT molecular complexity index is 1100. The van der Waals surface area contributed by atoms with Gasteiger partial charge in [-0.25, -0.2) is 4.98 Å². The van der Waals surface area contributed by atoms with Crippen molar-refractivity contribution in [2.45, 2.75) is 39.2 Å². The SMILES string of the molecule is CC1CCN(C(=O)Cn2c(CCCNC(=O)c3cccc(Br)c3)nc3ccccc32)CC1. The Hall–Kier alpha value is -2.67. The Labute approximate surface area is 197 Å². The zero-order chi connectivity index (χ0) is 22.5. The number of hydrogen-bond acceptors (Lipinski definition) is 3. The predicted octanol–water partition coefficient (Wildman–Crippen LogP) is 4.42. The smallest absolute Gasteiger partial charge is 0.251 e. The fraction of sp³-hybridized carbons (Fsp3) is 0.400. The van der Waals surface area contributed by atoms with Crippen LogP contribution in [0.1, 0.15) is 42.4 Å². The number of rotatable bonds is 7. The second-order valence-electron chi connectivity index (χ2n) is 8.54. The number of amides is 2. The number of piperidine rings is 1. The third-order valence-electron chi connectivity index (χ3n) is 6.11. The average molecular weight is 497 g/mol. The number of halogens is 1. The molecular formula is C25H29BrN4O2. The van der Waals surface area contributed by atoms with Crippen LogP contribution in [0, 0.1) is 5.92 Å². The van der Waals surface area contributed by atoms with Gasteiger partial charge in [0.2, 0.25) is 5.91 Å². The molecule has 7 heteroatoms. The first kappa shape index (κ1) is 22.5. The first-order valence-electron chi connectivity index (χ1n) is 11.3. The number of carbonyl (C=O) groups is 2. The number of aromatic nitrogens is 2. The Kier molecular flexibility index (Phi) is 7.25. The Balaban J connectivity index is 1.40. The van der Waals surface area contributed by atoms with E-state index in [4.69, 9.17) is 4.98 Å². The second-order valence-corrected chi connectivity index (χ2v) is 9.45. The summed E-state index contributed by atoms with van der Waals surface area (Å²) in [6.45, 7) is 4.78. The van der Waals surface area contributed by atoms with Crippen molar-refractivity contribution in [2.75, 3.05) is 19.6 Å². The first-order valence-corrected chi connectivity index (χ1v) is 12.1. The van der Waals surface area contributed by atoms with Crippen LogP contribution in [-0.2, 0) is 17.8 Å². The number of para-hydroxylation sites is 2. The Morgan fingerprint density at radius 3 is 2.69 bits per heavy atom. The van der Waals surface area contributed by atoms with Crippen molar-refractivity contribution >= 4 is 38.8 Å². The molecule has 1 fully saturated rings. The molecule has 0 bridgehead atoms. The van der Waals surface area contributed by atoms with E-state index in [1.54, 1.807) is 6.07 Å². The molecule has 6 nitrogen and oxygen atoms in total. The highest BCUT2D eigenvalue weighted by Gasteiger charge is 2.22. The van der Waals surface area contributed by atoms with Gasteiger partial charge in [0.05, 0.1) is 11.0 Å². The standard InChI is InChI=1S/C25H29BrN4O2/c1-18-11-14-29(15-12-18)24(31)17-30-22-9-3-2-8-21(22)28-23(30)10-5-13-27-25(32)19-6-4-7-20(26)16-19/h2-4,6-9,16,18H,5,10-15,17H2,1H3,(H,27,32). The van der Waals surface area contributed by atoms with Gasteiger partial charge in [-0.1, -0.05) is 41.1 Å². The molecule has 0 radical (unpaired) electrons. The molecular weight excluding hydrogens is 468 g/mol. The third-order valence-corrected chi connectivity index (χ3v) is 6.61. The topological polar surface area (TPSA) is 67.2 Å². The highest BCUT2D eigenvalue weighted by molar-refractivity contribution is 9.10. The van der Waals surface area contributed by atoms with E-state index >= 15 is 0 Å². The Morgan fingerprint density at radius 1 is 1.12 bits per heavy atom. The minimum absolute atomic E-state index is 0.0886. The normalized spacial score (nSPS) is 14.6.